The van der Waals surface area contributed by atoms with Crippen molar-refractivity contribution < 1.29 is 19.4 Å². The molecule has 5 nitrogen and oxygen atoms in total. The highest BCUT2D eigenvalue weighted by Gasteiger charge is 2.36. The van der Waals surface area contributed by atoms with Crippen LogP contribution in [0.4, 0.5) is 0 Å². The minimum absolute atomic E-state index is 0.0243. The quantitative estimate of drug-likeness (QED) is 0.784. The maximum Gasteiger partial charge on any atom is 0.305 e. The lowest BCUT2D eigenvalue weighted by atomic mass is 9.72. The van der Waals surface area contributed by atoms with E-state index in [9.17, 15) is 9.59 Å². The standard InChI is InChI=1S/C15H27NO4/c1-14(2)7-5-6-11(8-14)13(19)16-15(3,10-20-4)9-12(17)18/h11H,5-10H2,1-4H3,(H,16,19)(H,17,18). The van der Waals surface area contributed by atoms with Crippen LogP contribution in [0.5, 0.6) is 0 Å². The summed E-state index contributed by atoms with van der Waals surface area (Å²) in [6.07, 6.45) is 3.79. The summed E-state index contributed by atoms with van der Waals surface area (Å²) >= 11 is 0. The smallest absolute Gasteiger partial charge is 0.305 e. The summed E-state index contributed by atoms with van der Waals surface area (Å²) in [6.45, 7) is 6.27. The predicted molar refractivity (Wildman–Crippen MR) is 76.4 cm³/mol. The molecule has 0 radical (unpaired) electrons. The number of aliphatic carboxylic acids is 1. The molecule has 0 spiro atoms. The zero-order valence-electron chi connectivity index (χ0n) is 13.0. The molecule has 1 aliphatic carbocycles. The van der Waals surface area contributed by atoms with Crippen LogP contribution in [-0.2, 0) is 14.3 Å². The summed E-state index contributed by atoms with van der Waals surface area (Å²) in [6, 6.07) is 0. The van der Waals surface area contributed by atoms with E-state index >= 15 is 0 Å². The lowest BCUT2D eigenvalue weighted by Gasteiger charge is -2.37. The second-order valence-corrected chi connectivity index (χ2v) is 7.01. The number of nitrogens with one attached hydrogen (secondary N) is 1. The third-order valence-electron chi connectivity index (χ3n) is 4.01. The number of hydrogen-bond acceptors (Lipinski definition) is 3. The molecule has 0 aliphatic heterocycles. The van der Waals surface area contributed by atoms with Crippen molar-refractivity contribution in [1.29, 1.82) is 0 Å². The second-order valence-electron chi connectivity index (χ2n) is 7.01. The van der Waals surface area contributed by atoms with Gasteiger partial charge in [-0.25, -0.2) is 0 Å². The highest BCUT2D eigenvalue weighted by atomic mass is 16.5. The molecule has 0 heterocycles. The fourth-order valence-corrected chi connectivity index (χ4v) is 3.11. The van der Waals surface area contributed by atoms with Gasteiger partial charge in [0.1, 0.15) is 0 Å². The van der Waals surface area contributed by atoms with E-state index in [2.05, 4.69) is 19.2 Å². The molecule has 116 valence electrons. The van der Waals surface area contributed by atoms with Gasteiger partial charge in [0.2, 0.25) is 5.91 Å². The minimum Gasteiger partial charge on any atom is -0.481 e. The van der Waals surface area contributed by atoms with E-state index in [1.807, 2.05) is 0 Å². The first-order valence-corrected chi connectivity index (χ1v) is 7.20. The molecular formula is C15H27NO4. The zero-order valence-corrected chi connectivity index (χ0v) is 13.0. The molecule has 0 aromatic carbocycles. The Morgan fingerprint density at radius 2 is 2.10 bits per heavy atom. The fourth-order valence-electron chi connectivity index (χ4n) is 3.11. The number of ether oxygens (including phenoxy) is 1. The van der Waals surface area contributed by atoms with Crippen molar-refractivity contribution in [2.45, 2.75) is 58.4 Å². The Morgan fingerprint density at radius 1 is 1.45 bits per heavy atom. The molecule has 5 heteroatoms. The van der Waals surface area contributed by atoms with Crippen LogP contribution in [0.25, 0.3) is 0 Å². The van der Waals surface area contributed by atoms with E-state index in [4.69, 9.17) is 9.84 Å². The Morgan fingerprint density at radius 3 is 2.60 bits per heavy atom. The van der Waals surface area contributed by atoms with Crippen molar-refractivity contribution in [3.8, 4) is 0 Å². The summed E-state index contributed by atoms with van der Waals surface area (Å²) in [7, 11) is 1.51. The van der Waals surface area contributed by atoms with Crippen molar-refractivity contribution in [2.24, 2.45) is 11.3 Å². The van der Waals surface area contributed by atoms with Crippen LogP contribution in [0.1, 0.15) is 52.9 Å². The molecule has 0 aromatic rings. The normalized spacial score (nSPS) is 24.7. The van der Waals surface area contributed by atoms with Crippen LogP contribution in [0.15, 0.2) is 0 Å². The number of rotatable bonds is 6. The van der Waals surface area contributed by atoms with Gasteiger partial charge in [-0.05, 0) is 31.6 Å². The van der Waals surface area contributed by atoms with E-state index in [1.54, 1.807) is 6.92 Å². The number of hydrogen-bond donors (Lipinski definition) is 2. The number of methoxy groups -OCH3 is 1. The molecule has 1 fully saturated rings. The average molecular weight is 285 g/mol. The van der Waals surface area contributed by atoms with Crippen LogP contribution >= 0.6 is 0 Å². The molecule has 0 bridgehead atoms. The molecule has 20 heavy (non-hydrogen) atoms. The van der Waals surface area contributed by atoms with Gasteiger partial charge >= 0.3 is 5.97 Å². The van der Waals surface area contributed by atoms with Gasteiger partial charge in [0, 0.05) is 13.0 Å². The number of carboxylic acid groups (broad SMARTS) is 1. The van der Waals surface area contributed by atoms with Crippen molar-refractivity contribution >= 4 is 11.9 Å². The van der Waals surface area contributed by atoms with Crippen molar-refractivity contribution in [3.05, 3.63) is 0 Å². The third-order valence-corrected chi connectivity index (χ3v) is 4.01. The van der Waals surface area contributed by atoms with Gasteiger partial charge in [-0.1, -0.05) is 20.3 Å². The Hall–Kier alpha value is -1.10. The van der Waals surface area contributed by atoms with Gasteiger partial charge in [0.05, 0.1) is 18.6 Å². The molecule has 1 saturated carbocycles. The van der Waals surface area contributed by atoms with E-state index in [0.29, 0.717) is 0 Å². The first-order chi connectivity index (χ1) is 9.17. The van der Waals surface area contributed by atoms with Gasteiger partial charge in [0.15, 0.2) is 0 Å². The Kier molecular flexibility index (Phi) is 5.57. The Balaban J connectivity index is 2.68. The molecular weight excluding hydrogens is 258 g/mol. The molecule has 0 saturated heterocycles. The molecule has 2 N–H and O–H groups in total. The number of amides is 1. The molecule has 2 atom stereocenters. The summed E-state index contributed by atoms with van der Waals surface area (Å²) in [5.74, 6) is -1.00. The number of carbonyl (C=O) groups excluding carboxylic acids is 1. The van der Waals surface area contributed by atoms with E-state index in [1.165, 1.54) is 7.11 Å². The van der Waals surface area contributed by atoms with Crippen LogP contribution in [0.3, 0.4) is 0 Å². The second kappa shape index (κ2) is 6.57. The number of carboxylic acids is 1. The highest BCUT2D eigenvalue weighted by molar-refractivity contribution is 5.80. The zero-order chi connectivity index (χ0) is 15.4. The molecule has 0 aromatic heterocycles. The van der Waals surface area contributed by atoms with Gasteiger partial charge in [0.25, 0.3) is 0 Å². The van der Waals surface area contributed by atoms with Crippen LogP contribution in [0, 0.1) is 11.3 Å². The largest absolute Gasteiger partial charge is 0.481 e. The molecule has 1 amide bonds. The monoisotopic (exact) mass is 285 g/mol. The molecule has 2 unspecified atom stereocenters. The molecule has 1 aliphatic rings. The first-order valence-electron chi connectivity index (χ1n) is 7.20. The maximum absolute atomic E-state index is 12.4. The summed E-state index contributed by atoms with van der Waals surface area (Å²) in [5.41, 5.74) is -0.663. The van der Waals surface area contributed by atoms with Crippen molar-refractivity contribution in [3.63, 3.8) is 0 Å². The SMILES string of the molecule is COCC(C)(CC(=O)O)NC(=O)C1CCCC(C)(C)C1. The van der Waals surface area contributed by atoms with Crippen molar-refractivity contribution in [1.82, 2.24) is 5.32 Å². The van der Waals surface area contributed by atoms with Gasteiger partial charge in [-0.15, -0.1) is 0 Å². The van der Waals surface area contributed by atoms with Crippen LogP contribution in [-0.4, -0.2) is 36.2 Å². The maximum atomic E-state index is 12.4. The summed E-state index contributed by atoms with van der Waals surface area (Å²) < 4.78 is 5.06. The topological polar surface area (TPSA) is 75.6 Å². The lowest BCUT2D eigenvalue weighted by molar-refractivity contribution is -0.140. The minimum atomic E-state index is -0.936. The van der Waals surface area contributed by atoms with Crippen LogP contribution < -0.4 is 5.32 Å². The fraction of sp³-hybridized carbons (Fsp3) is 0.867. The average Bonchev–Trinajstić information content (AvgIpc) is 2.26. The third kappa shape index (κ3) is 5.12. The van der Waals surface area contributed by atoms with Gasteiger partial charge < -0.3 is 15.2 Å². The number of carbonyl (C=O) groups is 2. The van der Waals surface area contributed by atoms with E-state index in [0.717, 1.165) is 25.7 Å². The lowest BCUT2D eigenvalue weighted by Crippen LogP contribution is -2.53. The van der Waals surface area contributed by atoms with Crippen LogP contribution in [0.2, 0.25) is 0 Å². The Labute approximate surface area is 121 Å². The predicted octanol–water partition coefficient (Wildman–Crippen LogP) is 2.20. The van der Waals surface area contributed by atoms with E-state index < -0.39 is 11.5 Å². The van der Waals surface area contributed by atoms with E-state index in [-0.39, 0.29) is 30.3 Å². The van der Waals surface area contributed by atoms with Crippen molar-refractivity contribution in [2.75, 3.05) is 13.7 Å². The summed E-state index contributed by atoms with van der Waals surface area (Å²) in [4.78, 5) is 23.3. The Bertz CT molecular complexity index is 367. The first kappa shape index (κ1) is 17.0. The molecule has 1 rings (SSSR count). The van der Waals surface area contributed by atoms with Gasteiger partial charge in [-0.3, -0.25) is 9.59 Å². The highest BCUT2D eigenvalue weighted by Crippen LogP contribution is 2.38. The summed E-state index contributed by atoms with van der Waals surface area (Å²) in [5, 5.41) is 11.9. The van der Waals surface area contributed by atoms with Gasteiger partial charge in [-0.2, -0.15) is 0 Å².